The molecule has 0 aromatic heterocycles. The van der Waals surface area contributed by atoms with E-state index in [2.05, 4.69) is 0 Å². The Kier molecular flexibility index (Phi) is 3.46. The van der Waals surface area contributed by atoms with E-state index < -0.39 is 18.3 Å². The molecule has 0 heterocycles. The highest BCUT2D eigenvalue weighted by molar-refractivity contribution is 7.81. The predicted molar refractivity (Wildman–Crippen MR) is 81.3 cm³/mol. The van der Waals surface area contributed by atoms with E-state index in [1.807, 2.05) is 12.1 Å². The van der Waals surface area contributed by atoms with Gasteiger partial charge in [0.05, 0.1) is 11.1 Å². The Morgan fingerprint density at radius 3 is 1.62 bits per heavy atom. The van der Waals surface area contributed by atoms with Gasteiger partial charge in [0, 0.05) is 10.6 Å². The molecule has 3 rings (SSSR count). The van der Waals surface area contributed by atoms with Gasteiger partial charge in [-0.2, -0.15) is 0 Å². The van der Waals surface area contributed by atoms with Crippen molar-refractivity contribution in [1.82, 2.24) is 0 Å². The summed E-state index contributed by atoms with van der Waals surface area (Å²) in [5.41, 5.74) is 0. The largest absolute Gasteiger partial charge is 0.549 e. The molecule has 0 saturated heterocycles. The van der Waals surface area contributed by atoms with Crippen LogP contribution in [0, 0.1) is 0 Å². The number of carboxylic acid groups (broad SMARTS) is 1. The third-order valence-corrected chi connectivity index (χ3v) is 8.29. The van der Waals surface area contributed by atoms with Crippen molar-refractivity contribution in [3.05, 3.63) is 60.7 Å². The molecule has 0 aliphatic heterocycles. The highest BCUT2D eigenvalue weighted by Gasteiger charge is 2.54. The molecule has 108 valence electrons. The van der Waals surface area contributed by atoms with Crippen molar-refractivity contribution >= 4 is 23.7 Å². The lowest BCUT2D eigenvalue weighted by Crippen LogP contribution is -2.56. The fourth-order valence-electron chi connectivity index (χ4n) is 3.08. The zero-order chi connectivity index (χ0) is 14.9. The molecule has 4 heteroatoms. The van der Waals surface area contributed by atoms with E-state index in [9.17, 15) is 14.5 Å². The van der Waals surface area contributed by atoms with Gasteiger partial charge in [-0.3, -0.25) is 0 Å². The molecule has 1 saturated carbocycles. The minimum absolute atomic E-state index is 0.413. The molecule has 0 radical (unpaired) electrons. The first-order chi connectivity index (χ1) is 10.1. The first-order valence-electron chi connectivity index (χ1n) is 7.04. The van der Waals surface area contributed by atoms with Crippen LogP contribution in [0.25, 0.3) is 0 Å². The van der Waals surface area contributed by atoms with Crippen molar-refractivity contribution in [2.45, 2.75) is 24.4 Å². The van der Waals surface area contributed by atoms with E-state index in [-0.39, 0.29) is 0 Å². The first kappa shape index (κ1) is 14.1. The Bertz CT molecular complexity index is 647. The summed E-state index contributed by atoms with van der Waals surface area (Å²) in [6.45, 7) is 0. The maximum absolute atomic E-state index is 13.9. The molecule has 1 aliphatic rings. The monoisotopic (exact) mass is 299 g/mol. The summed E-state index contributed by atoms with van der Waals surface area (Å²) in [6, 6.07) is 17.9. The van der Waals surface area contributed by atoms with Gasteiger partial charge in [0.2, 0.25) is 0 Å². The van der Waals surface area contributed by atoms with Gasteiger partial charge in [-0.25, -0.2) is 0 Å². The highest BCUT2D eigenvalue weighted by atomic mass is 31.2. The van der Waals surface area contributed by atoms with Gasteiger partial charge < -0.3 is 14.5 Å². The Labute approximate surface area is 124 Å². The summed E-state index contributed by atoms with van der Waals surface area (Å²) in [6.07, 6.45) is 1.60. The quantitative estimate of drug-likeness (QED) is 0.807. The van der Waals surface area contributed by atoms with Gasteiger partial charge in [0.1, 0.15) is 0 Å². The predicted octanol–water partition coefficient (Wildman–Crippen LogP) is 1.67. The SMILES string of the molecule is O=C([O-])C1(P(=O)(c2ccccc2)c2ccccc2)CCC1. The normalized spacial score (nSPS) is 17.0. The van der Waals surface area contributed by atoms with Gasteiger partial charge >= 0.3 is 0 Å². The second-order valence-electron chi connectivity index (χ2n) is 5.45. The van der Waals surface area contributed by atoms with Crippen molar-refractivity contribution < 1.29 is 14.5 Å². The van der Waals surface area contributed by atoms with Crippen LogP contribution in [0.1, 0.15) is 19.3 Å². The second kappa shape index (κ2) is 5.16. The number of carbonyl (C=O) groups excluding carboxylic acids is 1. The summed E-state index contributed by atoms with van der Waals surface area (Å²) in [7, 11) is -3.28. The molecule has 0 spiro atoms. The number of aliphatic carboxylic acids is 1. The van der Waals surface area contributed by atoms with Crippen molar-refractivity contribution in [2.24, 2.45) is 0 Å². The number of hydrogen-bond acceptors (Lipinski definition) is 3. The molecular weight excluding hydrogens is 283 g/mol. The third kappa shape index (κ3) is 1.96. The van der Waals surface area contributed by atoms with Crippen molar-refractivity contribution in [3.8, 4) is 0 Å². The Morgan fingerprint density at radius 1 is 0.905 bits per heavy atom. The third-order valence-electron chi connectivity index (χ3n) is 4.40. The first-order valence-corrected chi connectivity index (χ1v) is 8.75. The van der Waals surface area contributed by atoms with Crippen LogP contribution in [0.15, 0.2) is 60.7 Å². The zero-order valence-electron chi connectivity index (χ0n) is 11.6. The molecule has 0 bridgehead atoms. The van der Waals surface area contributed by atoms with E-state index in [1.165, 1.54) is 0 Å². The number of carboxylic acids is 1. The molecule has 1 fully saturated rings. The number of hydrogen-bond donors (Lipinski definition) is 0. The Morgan fingerprint density at radius 2 is 1.33 bits per heavy atom. The number of rotatable bonds is 4. The van der Waals surface area contributed by atoms with E-state index in [0.717, 1.165) is 6.42 Å². The fourth-order valence-corrected chi connectivity index (χ4v) is 6.75. The fraction of sp³-hybridized carbons (Fsp3) is 0.235. The molecule has 0 amide bonds. The molecule has 0 N–H and O–H groups in total. The summed E-state index contributed by atoms with van der Waals surface area (Å²) >= 11 is 0. The molecule has 0 unspecified atom stereocenters. The molecule has 0 atom stereocenters. The minimum atomic E-state index is -3.28. The molecule has 1 aliphatic carbocycles. The van der Waals surface area contributed by atoms with Crippen LogP contribution in [0.3, 0.4) is 0 Å². The number of carbonyl (C=O) groups is 1. The van der Waals surface area contributed by atoms with Gasteiger partial charge in [-0.15, -0.1) is 0 Å². The minimum Gasteiger partial charge on any atom is -0.549 e. The van der Waals surface area contributed by atoms with Crippen LogP contribution in [-0.2, 0) is 9.36 Å². The van der Waals surface area contributed by atoms with Gasteiger partial charge in [-0.1, -0.05) is 67.1 Å². The van der Waals surface area contributed by atoms with Crippen molar-refractivity contribution in [2.75, 3.05) is 0 Å². The van der Waals surface area contributed by atoms with Crippen LogP contribution >= 0.6 is 7.14 Å². The molecular formula is C17H16O3P-. The maximum atomic E-state index is 13.9. The Hall–Kier alpha value is -1.86. The summed E-state index contributed by atoms with van der Waals surface area (Å²) < 4.78 is 13.9. The highest BCUT2D eigenvalue weighted by Crippen LogP contribution is 2.64. The lowest BCUT2D eigenvalue weighted by Gasteiger charge is -2.48. The second-order valence-corrected chi connectivity index (χ2v) is 8.56. The standard InChI is InChI=1S/C17H17O3P/c18-16(19)17(12-7-13-17)21(20,14-8-3-1-4-9-14)15-10-5-2-6-11-15/h1-6,8-11H,7,12-13H2,(H,18,19)/p-1. The lowest BCUT2D eigenvalue weighted by atomic mass is 9.84. The van der Waals surface area contributed by atoms with Gasteiger partial charge in [0.25, 0.3) is 0 Å². The molecule has 3 nitrogen and oxygen atoms in total. The summed E-state index contributed by atoms with van der Waals surface area (Å²) in [5, 5.41) is 11.8. The van der Waals surface area contributed by atoms with Crippen LogP contribution < -0.4 is 15.7 Å². The summed E-state index contributed by atoms with van der Waals surface area (Å²) in [4.78, 5) is 11.8. The average molecular weight is 299 g/mol. The van der Waals surface area contributed by atoms with Crippen LogP contribution in [0.2, 0.25) is 0 Å². The number of benzene rings is 2. The maximum Gasteiger partial charge on any atom is 0.154 e. The topological polar surface area (TPSA) is 57.2 Å². The van der Waals surface area contributed by atoms with Crippen LogP contribution in [0.4, 0.5) is 0 Å². The van der Waals surface area contributed by atoms with Crippen LogP contribution in [-0.4, -0.2) is 11.1 Å². The average Bonchev–Trinajstić information content (AvgIpc) is 2.47. The molecule has 21 heavy (non-hydrogen) atoms. The van der Waals surface area contributed by atoms with Crippen molar-refractivity contribution in [3.63, 3.8) is 0 Å². The van der Waals surface area contributed by atoms with Gasteiger partial charge in [0.15, 0.2) is 7.14 Å². The zero-order valence-corrected chi connectivity index (χ0v) is 12.5. The van der Waals surface area contributed by atoms with Crippen LogP contribution in [0.5, 0.6) is 0 Å². The molecule has 2 aromatic rings. The van der Waals surface area contributed by atoms with Crippen molar-refractivity contribution in [1.29, 1.82) is 0 Å². The van der Waals surface area contributed by atoms with E-state index in [4.69, 9.17) is 0 Å². The summed E-state index contributed by atoms with van der Waals surface area (Å²) in [5.74, 6) is -1.19. The van der Waals surface area contributed by atoms with E-state index in [0.29, 0.717) is 23.5 Å². The lowest BCUT2D eigenvalue weighted by molar-refractivity contribution is -0.311. The smallest absolute Gasteiger partial charge is 0.154 e. The van der Waals surface area contributed by atoms with E-state index in [1.54, 1.807) is 48.5 Å². The van der Waals surface area contributed by atoms with E-state index >= 15 is 0 Å². The Balaban J connectivity index is 2.26. The van der Waals surface area contributed by atoms with Gasteiger partial charge in [-0.05, 0) is 12.8 Å². The molecule has 2 aromatic carbocycles.